The van der Waals surface area contributed by atoms with Crippen LogP contribution in [0.5, 0.6) is 11.6 Å². The number of aromatic hydroxyl groups is 1. The van der Waals surface area contributed by atoms with Gasteiger partial charge in [-0.25, -0.2) is 0 Å². The molecule has 0 amide bonds. The maximum absolute atomic E-state index is 14.1. The van der Waals surface area contributed by atoms with E-state index in [1.165, 1.54) is 6.07 Å². The molecule has 0 saturated heterocycles. The number of aromatic nitrogens is 2. The summed E-state index contributed by atoms with van der Waals surface area (Å²) >= 11 is 0. The molecule has 4 atom stereocenters. The van der Waals surface area contributed by atoms with Crippen LogP contribution in [-0.2, 0) is 13.0 Å². The summed E-state index contributed by atoms with van der Waals surface area (Å²) in [6.07, 6.45) is 3.77. The van der Waals surface area contributed by atoms with Crippen LogP contribution in [0.3, 0.4) is 0 Å². The average molecular weight is 595 g/mol. The number of carbonyl (C=O) groups excluding carboxylic acids is 2. The fourth-order valence-corrected chi connectivity index (χ4v) is 6.95. The number of fused-ring (bicyclic) bond motifs is 4. The Bertz CT molecular complexity index is 1820. The van der Waals surface area contributed by atoms with Crippen molar-refractivity contribution in [2.75, 3.05) is 19.4 Å². The van der Waals surface area contributed by atoms with E-state index >= 15 is 0 Å². The maximum atomic E-state index is 14.1. The summed E-state index contributed by atoms with van der Waals surface area (Å²) < 4.78 is 11.6. The number of nitrogens with one attached hydrogen (secondary N) is 1. The number of phenols is 1. The molecule has 0 fully saturated rings. The van der Waals surface area contributed by atoms with Crippen molar-refractivity contribution < 1.29 is 34.2 Å². The van der Waals surface area contributed by atoms with Crippen molar-refractivity contribution in [2.24, 2.45) is 11.8 Å². The molecule has 4 N–H and O–H groups in total. The number of ether oxygens (including phenoxy) is 1. The van der Waals surface area contributed by atoms with E-state index in [1.54, 1.807) is 49.6 Å². The highest BCUT2D eigenvalue weighted by Crippen LogP contribution is 2.56. The first kappa shape index (κ1) is 27.8. The molecule has 11 nitrogen and oxygen atoms in total. The Morgan fingerprint density at radius 3 is 2.52 bits per heavy atom. The zero-order valence-electron chi connectivity index (χ0n) is 24.0. The number of rotatable bonds is 6. The SMILES string of the molecule is CN(C)[C@@H]1c2onc(OCc3ccccc3)c2C(=O)[C@@]2(O)C(O)=C3C(=O)c4c(O)cc(Nc5ccncc5)cc4C[C@H]3C[C@@H]12. The molecule has 2 aromatic carbocycles. The Morgan fingerprint density at radius 2 is 1.80 bits per heavy atom. The third kappa shape index (κ3) is 4.19. The van der Waals surface area contributed by atoms with Crippen molar-refractivity contribution in [3.05, 3.63) is 106 Å². The van der Waals surface area contributed by atoms with Crippen LogP contribution in [0.2, 0.25) is 0 Å². The number of pyridine rings is 1. The number of allylic oxidation sites excluding steroid dienone is 1. The molecule has 2 heterocycles. The second kappa shape index (κ2) is 10.3. The highest BCUT2D eigenvalue weighted by molar-refractivity contribution is 6.16. The van der Waals surface area contributed by atoms with E-state index in [0.717, 1.165) is 11.3 Å². The third-order valence-corrected chi connectivity index (χ3v) is 8.89. The molecule has 4 aromatic rings. The minimum absolute atomic E-state index is 0.0371. The lowest BCUT2D eigenvalue weighted by molar-refractivity contribution is -0.0559. The first-order valence-corrected chi connectivity index (χ1v) is 14.3. The van der Waals surface area contributed by atoms with Gasteiger partial charge < -0.3 is 29.9 Å². The highest BCUT2D eigenvalue weighted by atomic mass is 16.5. The number of ketones is 2. The van der Waals surface area contributed by atoms with Gasteiger partial charge >= 0.3 is 0 Å². The number of Topliss-reactive ketones (excluding diaryl/α,β-unsaturated/α-hetero) is 2. The van der Waals surface area contributed by atoms with E-state index in [2.05, 4.69) is 15.5 Å². The van der Waals surface area contributed by atoms with E-state index in [1.807, 2.05) is 30.3 Å². The predicted octanol–water partition coefficient (Wildman–Crippen LogP) is 4.52. The average Bonchev–Trinajstić information content (AvgIpc) is 3.42. The smallest absolute Gasteiger partial charge is 0.265 e. The van der Waals surface area contributed by atoms with Crippen LogP contribution in [0.25, 0.3) is 0 Å². The van der Waals surface area contributed by atoms with Gasteiger partial charge in [-0.2, -0.15) is 0 Å². The van der Waals surface area contributed by atoms with Gasteiger partial charge in [0.1, 0.15) is 23.7 Å². The van der Waals surface area contributed by atoms with Gasteiger partial charge in [-0.15, -0.1) is 0 Å². The van der Waals surface area contributed by atoms with Crippen molar-refractivity contribution in [1.82, 2.24) is 15.0 Å². The molecule has 2 aromatic heterocycles. The Balaban J connectivity index is 1.28. The van der Waals surface area contributed by atoms with Crippen LogP contribution >= 0.6 is 0 Å². The van der Waals surface area contributed by atoms with E-state index in [9.17, 15) is 24.9 Å². The quantitative estimate of drug-likeness (QED) is 0.249. The van der Waals surface area contributed by atoms with Gasteiger partial charge in [0.2, 0.25) is 5.78 Å². The zero-order chi connectivity index (χ0) is 30.7. The van der Waals surface area contributed by atoms with Crippen molar-refractivity contribution in [3.8, 4) is 11.6 Å². The lowest BCUT2D eigenvalue weighted by atomic mass is 9.58. The van der Waals surface area contributed by atoms with Crippen molar-refractivity contribution in [2.45, 2.75) is 31.1 Å². The highest BCUT2D eigenvalue weighted by Gasteiger charge is 2.63. The summed E-state index contributed by atoms with van der Waals surface area (Å²) in [5, 5.41) is 42.1. The standard InChI is InChI=1S/C33H30N4O7/c1-37(2)27-22-14-19-12-18-13-21(35-20-8-10-34-11-9-20)15-23(38)24(18)28(39)25(19)30(40)33(22,42)31(41)26-29(27)44-36-32(26)43-16-17-6-4-3-5-7-17/h3-11,13,15,19,22,27,38,40,42H,12,14,16H2,1-2H3,(H,34,35)/t19-,22-,27-,33-/m0/s1. The van der Waals surface area contributed by atoms with Crippen LogP contribution in [0.15, 0.2) is 82.8 Å². The van der Waals surface area contributed by atoms with Crippen LogP contribution in [-0.4, -0.2) is 61.6 Å². The lowest BCUT2D eigenvalue weighted by Crippen LogP contribution is -2.59. The van der Waals surface area contributed by atoms with Crippen LogP contribution < -0.4 is 10.1 Å². The molecule has 0 aliphatic heterocycles. The number of aliphatic hydroxyl groups excluding tert-OH is 1. The number of aliphatic hydroxyl groups is 2. The summed E-state index contributed by atoms with van der Waals surface area (Å²) in [5.41, 5.74) is 0.236. The Kier molecular flexibility index (Phi) is 6.52. The molecule has 0 spiro atoms. The first-order chi connectivity index (χ1) is 21.2. The summed E-state index contributed by atoms with van der Waals surface area (Å²) in [4.78, 5) is 33.9. The maximum Gasteiger partial charge on any atom is 0.265 e. The zero-order valence-corrected chi connectivity index (χ0v) is 24.0. The number of anilines is 2. The normalized spacial score (nSPS) is 24.0. The molecule has 0 unspecified atom stereocenters. The third-order valence-electron chi connectivity index (χ3n) is 8.89. The van der Waals surface area contributed by atoms with E-state index in [-0.39, 0.29) is 47.1 Å². The number of phenolic OH excluding ortho intramolecular Hbond substituents is 1. The molecule has 0 radical (unpaired) electrons. The minimum Gasteiger partial charge on any atom is -0.508 e. The second-order valence-electron chi connectivity index (χ2n) is 11.7. The molecule has 224 valence electrons. The molecular weight excluding hydrogens is 564 g/mol. The summed E-state index contributed by atoms with van der Waals surface area (Å²) in [5.74, 6) is -3.69. The van der Waals surface area contributed by atoms with E-state index in [4.69, 9.17) is 9.26 Å². The molecule has 0 bridgehead atoms. The molecule has 44 heavy (non-hydrogen) atoms. The minimum atomic E-state index is -2.43. The van der Waals surface area contributed by atoms with Crippen molar-refractivity contribution >= 4 is 22.9 Å². The predicted molar refractivity (Wildman–Crippen MR) is 158 cm³/mol. The molecular formula is C33H30N4O7. The first-order valence-electron chi connectivity index (χ1n) is 14.3. The van der Waals surface area contributed by atoms with Crippen molar-refractivity contribution in [1.29, 1.82) is 0 Å². The lowest BCUT2D eigenvalue weighted by Gasteiger charge is -2.49. The Morgan fingerprint density at radius 1 is 1.05 bits per heavy atom. The van der Waals surface area contributed by atoms with Crippen LogP contribution in [0.4, 0.5) is 11.4 Å². The summed E-state index contributed by atoms with van der Waals surface area (Å²) in [6.45, 7) is 0.100. The van der Waals surface area contributed by atoms with Gasteiger partial charge in [-0.3, -0.25) is 19.5 Å². The monoisotopic (exact) mass is 594 g/mol. The summed E-state index contributed by atoms with van der Waals surface area (Å²) in [6, 6.07) is 15.4. The van der Waals surface area contributed by atoms with Gasteiger partial charge in [-0.1, -0.05) is 30.3 Å². The molecule has 11 heteroatoms. The van der Waals surface area contributed by atoms with Gasteiger partial charge in [-0.05, 0) is 67.3 Å². The van der Waals surface area contributed by atoms with E-state index in [0.29, 0.717) is 17.7 Å². The van der Waals surface area contributed by atoms with Gasteiger partial charge in [0, 0.05) is 41.3 Å². The van der Waals surface area contributed by atoms with Gasteiger partial charge in [0.15, 0.2) is 17.1 Å². The number of nitrogens with zero attached hydrogens (tertiary/aromatic N) is 3. The topological polar surface area (TPSA) is 158 Å². The number of carbonyl (C=O) groups is 2. The van der Waals surface area contributed by atoms with Gasteiger partial charge in [0.05, 0.1) is 11.6 Å². The molecule has 3 aliphatic rings. The fourth-order valence-electron chi connectivity index (χ4n) is 6.95. The summed E-state index contributed by atoms with van der Waals surface area (Å²) in [7, 11) is 3.56. The van der Waals surface area contributed by atoms with E-state index < -0.39 is 40.8 Å². The Hall–Kier alpha value is -5.00. The van der Waals surface area contributed by atoms with Crippen molar-refractivity contribution in [3.63, 3.8) is 0 Å². The molecule has 0 saturated carbocycles. The fraction of sp³-hybridized carbons (Fsp3) is 0.273. The van der Waals surface area contributed by atoms with Crippen LogP contribution in [0.1, 0.15) is 50.1 Å². The van der Waals surface area contributed by atoms with Crippen LogP contribution in [0, 0.1) is 11.8 Å². The molecule has 7 rings (SSSR count). The van der Waals surface area contributed by atoms with Gasteiger partial charge in [0.25, 0.3) is 5.88 Å². The Labute approximate surface area is 252 Å². The largest absolute Gasteiger partial charge is 0.508 e. The number of hydrogen-bond donors (Lipinski definition) is 4. The number of hydrogen-bond acceptors (Lipinski definition) is 11. The number of benzene rings is 2. The molecule has 3 aliphatic carbocycles. The second-order valence-corrected chi connectivity index (χ2v) is 11.7.